The zero-order chi connectivity index (χ0) is 18.4. The minimum absolute atomic E-state index is 0.206. The number of aryl methyl sites for hydroxylation is 1. The fourth-order valence-corrected chi connectivity index (χ4v) is 3.77. The monoisotopic (exact) mass is 357 g/mol. The average Bonchev–Trinajstić information content (AvgIpc) is 2.69. The second kappa shape index (κ2) is 9.17. The summed E-state index contributed by atoms with van der Waals surface area (Å²) in [5.41, 5.74) is 2.30. The molecule has 0 atom stereocenters. The molecular weight excluding hydrogens is 326 g/mol. The van der Waals surface area contributed by atoms with Crippen molar-refractivity contribution in [3.8, 4) is 0 Å². The third-order valence-electron chi connectivity index (χ3n) is 5.55. The van der Waals surface area contributed by atoms with Crippen LogP contribution in [0.3, 0.4) is 0 Å². The topological polar surface area (TPSA) is 43.9 Å². The normalized spacial score (nSPS) is 18.8. The zero-order valence-corrected chi connectivity index (χ0v) is 16.0. The van der Waals surface area contributed by atoms with Crippen LogP contribution in [0.15, 0.2) is 24.3 Å². The number of hydrogen-bond donors (Lipinski definition) is 0. The lowest BCUT2D eigenvalue weighted by Gasteiger charge is -2.35. The number of piperidine rings is 1. The number of rotatable bonds is 5. The summed E-state index contributed by atoms with van der Waals surface area (Å²) in [6.07, 6.45) is 4.63. The molecule has 5 nitrogen and oxygen atoms in total. The first-order valence-corrected chi connectivity index (χ1v) is 9.95. The summed E-state index contributed by atoms with van der Waals surface area (Å²) in [6, 6.07) is 8.19. The highest BCUT2D eigenvalue weighted by atomic mass is 16.2. The molecule has 2 amide bonds. The Morgan fingerprint density at radius 2 is 1.42 bits per heavy atom. The molecule has 2 saturated heterocycles. The molecule has 2 heterocycles. The van der Waals surface area contributed by atoms with Crippen molar-refractivity contribution in [1.82, 2.24) is 14.7 Å². The number of carbonyl (C=O) groups is 2. The third-order valence-corrected chi connectivity index (χ3v) is 5.55. The molecule has 5 heteroatoms. The van der Waals surface area contributed by atoms with Crippen LogP contribution in [0, 0.1) is 6.92 Å². The fraction of sp³-hybridized carbons (Fsp3) is 0.619. The van der Waals surface area contributed by atoms with Crippen molar-refractivity contribution in [2.45, 2.75) is 39.0 Å². The molecule has 2 fully saturated rings. The molecule has 1 aromatic carbocycles. The number of nitrogens with zero attached hydrogens (tertiary/aromatic N) is 3. The van der Waals surface area contributed by atoms with Crippen molar-refractivity contribution in [1.29, 1.82) is 0 Å². The first-order valence-electron chi connectivity index (χ1n) is 9.95. The van der Waals surface area contributed by atoms with Gasteiger partial charge in [-0.05, 0) is 31.7 Å². The van der Waals surface area contributed by atoms with Gasteiger partial charge in [-0.3, -0.25) is 14.5 Å². The molecule has 0 aliphatic carbocycles. The Morgan fingerprint density at radius 3 is 2.08 bits per heavy atom. The maximum absolute atomic E-state index is 12.5. The Hall–Kier alpha value is -1.88. The summed E-state index contributed by atoms with van der Waals surface area (Å²) in [5.74, 6) is 0.500. The van der Waals surface area contributed by atoms with Crippen LogP contribution in [0.4, 0.5) is 0 Å². The van der Waals surface area contributed by atoms with Gasteiger partial charge in [0, 0.05) is 52.2 Å². The van der Waals surface area contributed by atoms with Crippen LogP contribution in [-0.2, 0) is 16.0 Å². The SMILES string of the molecule is Cc1ccc(CC(=O)N2CCN(CCC(=O)N3CCCCC3)CC2)cc1. The summed E-state index contributed by atoms with van der Waals surface area (Å²) in [5, 5.41) is 0. The van der Waals surface area contributed by atoms with Gasteiger partial charge in [-0.2, -0.15) is 0 Å². The molecule has 1 aromatic rings. The lowest BCUT2D eigenvalue weighted by molar-refractivity contribution is -0.134. The Morgan fingerprint density at radius 1 is 0.808 bits per heavy atom. The number of amides is 2. The molecule has 142 valence electrons. The van der Waals surface area contributed by atoms with E-state index in [4.69, 9.17) is 0 Å². The fourth-order valence-electron chi connectivity index (χ4n) is 3.77. The number of carbonyl (C=O) groups excluding carboxylic acids is 2. The van der Waals surface area contributed by atoms with Crippen LogP contribution in [0.5, 0.6) is 0 Å². The standard InChI is InChI=1S/C21H31N3O2/c1-18-5-7-19(8-6-18)17-21(26)24-15-13-22(14-16-24)12-9-20(25)23-10-3-2-4-11-23/h5-8H,2-4,9-17H2,1H3. The smallest absolute Gasteiger partial charge is 0.227 e. The predicted molar refractivity (Wildman–Crippen MR) is 103 cm³/mol. The van der Waals surface area contributed by atoms with Gasteiger partial charge in [0.25, 0.3) is 0 Å². The third kappa shape index (κ3) is 5.31. The van der Waals surface area contributed by atoms with Crippen molar-refractivity contribution in [2.75, 3.05) is 45.8 Å². The van der Waals surface area contributed by atoms with Gasteiger partial charge in [0.1, 0.15) is 0 Å². The highest BCUT2D eigenvalue weighted by Gasteiger charge is 2.22. The van der Waals surface area contributed by atoms with E-state index in [1.54, 1.807) is 0 Å². The number of likely N-dealkylation sites (tertiary alicyclic amines) is 1. The maximum Gasteiger partial charge on any atom is 0.227 e. The van der Waals surface area contributed by atoms with Gasteiger partial charge in [0.2, 0.25) is 11.8 Å². The summed E-state index contributed by atoms with van der Waals surface area (Å²) < 4.78 is 0. The first kappa shape index (κ1) is 18.9. The molecule has 0 spiro atoms. The molecule has 0 saturated carbocycles. The van der Waals surface area contributed by atoms with Crippen LogP contribution < -0.4 is 0 Å². The highest BCUT2D eigenvalue weighted by Crippen LogP contribution is 2.12. The van der Waals surface area contributed by atoms with Crippen LogP contribution in [0.25, 0.3) is 0 Å². The molecule has 0 unspecified atom stereocenters. The molecule has 3 rings (SSSR count). The van der Waals surface area contributed by atoms with Crippen molar-refractivity contribution < 1.29 is 9.59 Å². The van der Waals surface area contributed by atoms with E-state index in [0.29, 0.717) is 18.7 Å². The van der Waals surface area contributed by atoms with E-state index in [9.17, 15) is 9.59 Å². The maximum atomic E-state index is 12.5. The molecule has 0 radical (unpaired) electrons. The van der Waals surface area contributed by atoms with Gasteiger partial charge >= 0.3 is 0 Å². The van der Waals surface area contributed by atoms with Crippen LogP contribution in [0.2, 0.25) is 0 Å². The van der Waals surface area contributed by atoms with Crippen molar-refractivity contribution in [2.24, 2.45) is 0 Å². The summed E-state index contributed by atoms with van der Waals surface area (Å²) in [7, 11) is 0. The van der Waals surface area contributed by atoms with E-state index in [1.165, 1.54) is 12.0 Å². The van der Waals surface area contributed by atoms with E-state index in [2.05, 4.69) is 24.0 Å². The molecule has 0 bridgehead atoms. The molecule has 0 N–H and O–H groups in total. The van der Waals surface area contributed by atoms with Crippen molar-refractivity contribution in [3.05, 3.63) is 35.4 Å². The largest absolute Gasteiger partial charge is 0.343 e. The number of benzene rings is 1. The quantitative estimate of drug-likeness (QED) is 0.810. The number of hydrogen-bond acceptors (Lipinski definition) is 3. The Kier molecular flexibility index (Phi) is 6.67. The van der Waals surface area contributed by atoms with Gasteiger partial charge in [0.05, 0.1) is 6.42 Å². The van der Waals surface area contributed by atoms with Crippen LogP contribution >= 0.6 is 0 Å². The number of piperazine rings is 1. The van der Waals surface area contributed by atoms with Crippen LogP contribution in [-0.4, -0.2) is 72.3 Å². The van der Waals surface area contributed by atoms with Gasteiger partial charge < -0.3 is 9.80 Å². The van der Waals surface area contributed by atoms with E-state index in [1.807, 2.05) is 21.9 Å². The Balaban J connectivity index is 1.37. The van der Waals surface area contributed by atoms with Gasteiger partial charge in [-0.15, -0.1) is 0 Å². The highest BCUT2D eigenvalue weighted by molar-refractivity contribution is 5.79. The lowest BCUT2D eigenvalue weighted by Crippen LogP contribution is -2.50. The van der Waals surface area contributed by atoms with E-state index >= 15 is 0 Å². The second-order valence-electron chi connectivity index (χ2n) is 7.58. The minimum Gasteiger partial charge on any atom is -0.343 e. The van der Waals surface area contributed by atoms with E-state index in [-0.39, 0.29) is 5.91 Å². The van der Waals surface area contributed by atoms with Crippen LogP contribution in [0.1, 0.15) is 36.8 Å². The minimum atomic E-state index is 0.206. The molecule has 2 aliphatic rings. The molecule has 2 aliphatic heterocycles. The second-order valence-corrected chi connectivity index (χ2v) is 7.58. The van der Waals surface area contributed by atoms with Crippen molar-refractivity contribution >= 4 is 11.8 Å². The average molecular weight is 357 g/mol. The van der Waals surface area contributed by atoms with Gasteiger partial charge in [0.15, 0.2) is 0 Å². The first-order chi connectivity index (χ1) is 12.6. The van der Waals surface area contributed by atoms with Gasteiger partial charge in [-0.1, -0.05) is 29.8 Å². The zero-order valence-electron chi connectivity index (χ0n) is 16.0. The summed E-state index contributed by atoms with van der Waals surface area (Å²) >= 11 is 0. The lowest BCUT2D eigenvalue weighted by atomic mass is 10.1. The van der Waals surface area contributed by atoms with Gasteiger partial charge in [-0.25, -0.2) is 0 Å². The molecule has 26 heavy (non-hydrogen) atoms. The summed E-state index contributed by atoms with van der Waals surface area (Å²) in [6.45, 7) is 8.00. The molecule has 0 aromatic heterocycles. The van der Waals surface area contributed by atoms with E-state index < -0.39 is 0 Å². The summed E-state index contributed by atoms with van der Waals surface area (Å²) in [4.78, 5) is 31.1. The Bertz CT molecular complexity index is 600. The Labute approximate surface area is 156 Å². The molecular formula is C21H31N3O2. The predicted octanol–water partition coefficient (Wildman–Crippen LogP) is 2.08. The van der Waals surface area contributed by atoms with E-state index in [0.717, 1.165) is 64.2 Å². The van der Waals surface area contributed by atoms with Crippen molar-refractivity contribution in [3.63, 3.8) is 0 Å².